The van der Waals surface area contributed by atoms with Crippen molar-refractivity contribution >= 4 is 28.2 Å². The summed E-state index contributed by atoms with van der Waals surface area (Å²) in [6.07, 6.45) is 0. The Morgan fingerprint density at radius 2 is 1.88 bits per heavy atom. The van der Waals surface area contributed by atoms with Crippen LogP contribution in [0.15, 0.2) is 53.3 Å². The maximum Gasteiger partial charge on any atom is 0.256 e. The zero-order chi connectivity index (χ0) is 22.7. The molecular formula is C24H28FN5O2. The van der Waals surface area contributed by atoms with Crippen molar-refractivity contribution in [2.45, 2.75) is 0 Å². The highest BCUT2D eigenvalue weighted by molar-refractivity contribution is 6.12. The third-order valence-corrected chi connectivity index (χ3v) is 5.75. The summed E-state index contributed by atoms with van der Waals surface area (Å²) in [5, 5.41) is 3.23. The Bertz CT molecular complexity index is 1170. The van der Waals surface area contributed by atoms with Gasteiger partial charge in [0, 0.05) is 67.6 Å². The first kappa shape index (κ1) is 22.0. The highest BCUT2D eigenvalue weighted by Crippen LogP contribution is 2.23. The molecule has 2 N–H and O–H groups in total. The van der Waals surface area contributed by atoms with Gasteiger partial charge in [-0.2, -0.15) is 0 Å². The fraction of sp³-hybridized carbons (Fsp3) is 0.333. The molecule has 0 radical (unpaired) electrons. The van der Waals surface area contributed by atoms with Crippen LogP contribution >= 0.6 is 0 Å². The lowest BCUT2D eigenvalue weighted by Gasteiger charge is -2.36. The topological polar surface area (TPSA) is 71.7 Å². The first-order chi connectivity index (χ1) is 15.4. The maximum absolute atomic E-state index is 13.7. The number of hydrogen-bond acceptors (Lipinski definition) is 5. The number of carbonyl (C=O) groups excluding carboxylic acids is 1. The van der Waals surface area contributed by atoms with Crippen molar-refractivity contribution in [1.29, 1.82) is 0 Å². The third kappa shape index (κ3) is 5.15. The van der Waals surface area contributed by atoms with Crippen LogP contribution in [0.1, 0.15) is 10.4 Å². The predicted octanol–water partition coefficient (Wildman–Crippen LogP) is 2.60. The van der Waals surface area contributed by atoms with Crippen molar-refractivity contribution in [2.75, 3.05) is 63.6 Å². The minimum absolute atomic E-state index is 0.142. The molecule has 1 aliphatic rings. The molecule has 0 atom stereocenters. The molecule has 0 unspecified atom stereocenters. The van der Waals surface area contributed by atoms with E-state index >= 15 is 0 Å². The fourth-order valence-electron chi connectivity index (χ4n) is 3.96. The van der Waals surface area contributed by atoms with Gasteiger partial charge in [-0.05, 0) is 50.5 Å². The number of hydrogen-bond donors (Lipinski definition) is 2. The van der Waals surface area contributed by atoms with Gasteiger partial charge in [-0.25, -0.2) is 4.39 Å². The Morgan fingerprint density at radius 3 is 2.62 bits per heavy atom. The number of benzene rings is 2. The smallest absolute Gasteiger partial charge is 0.256 e. The number of aromatic amines is 1. The van der Waals surface area contributed by atoms with E-state index in [-0.39, 0.29) is 5.56 Å². The molecule has 1 fully saturated rings. The van der Waals surface area contributed by atoms with Crippen LogP contribution in [0.3, 0.4) is 0 Å². The van der Waals surface area contributed by atoms with E-state index in [4.69, 9.17) is 0 Å². The van der Waals surface area contributed by atoms with Gasteiger partial charge < -0.3 is 20.1 Å². The predicted molar refractivity (Wildman–Crippen MR) is 126 cm³/mol. The number of halogens is 1. The molecule has 2 heterocycles. The molecule has 3 aromatic rings. The van der Waals surface area contributed by atoms with E-state index in [9.17, 15) is 14.0 Å². The highest BCUT2D eigenvalue weighted by atomic mass is 19.1. The summed E-state index contributed by atoms with van der Waals surface area (Å²) < 4.78 is 13.7. The normalized spacial score (nSPS) is 14.8. The number of pyridine rings is 1. The second-order valence-electron chi connectivity index (χ2n) is 8.37. The van der Waals surface area contributed by atoms with E-state index in [1.807, 2.05) is 24.3 Å². The maximum atomic E-state index is 13.7. The summed E-state index contributed by atoms with van der Waals surface area (Å²) in [4.78, 5) is 34.5. The van der Waals surface area contributed by atoms with Crippen LogP contribution < -0.4 is 15.8 Å². The number of anilines is 2. The minimum Gasteiger partial charge on any atom is -0.369 e. The highest BCUT2D eigenvalue weighted by Gasteiger charge is 2.18. The number of fused-ring (bicyclic) bond motifs is 1. The average molecular weight is 438 g/mol. The summed E-state index contributed by atoms with van der Waals surface area (Å²) in [6, 6.07) is 12.8. The SMILES string of the molecule is CN(C)CCN1CCN(c2cccc(NC(=O)c3cc(=O)[nH]c4ccc(F)cc34)c2)CC1. The molecule has 1 saturated heterocycles. The number of rotatable bonds is 6. The van der Waals surface area contributed by atoms with Gasteiger partial charge in [0.25, 0.3) is 5.91 Å². The lowest BCUT2D eigenvalue weighted by molar-refractivity contribution is 0.102. The number of likely N-dealkylation sites (N-methyl/N-ethyl adjacent to an activating group) is 1. The number of nitrogens with one attached hydrogen (secondary N) is 2. The van der Waals surface area contributed by atoms with Crippen LogP contribution in [-0.2, 0) is 0 Å². The van der Waals surface area contributed by atoms with Crippen molar-refractivity contribution in [1.82, 2.24) is 14.8 Å². The van der Waals surface area contributed by atoms with Gasteiger partial charge in [0.15, 0.2) is 0 Å². The summed E-state index contributed by atoms with van der Waals surface area (Å²) in [6.45, 7) is 5.93. The Hall–Kier alpha value is -3.23. The van der Waals surface area contributed by atoms with E-state index < -0.39 is 17.3 Å². The average Bonchev–Trinajstić information content (AvgIpc) is 2.78. The lowest BCUT2D eigenvalue weighted by atomic mass is 10.1. The Labute approximate surface area is 186 Å². The molecule has 4 rings (SSSR count). The zero-order valence-corrected chi connectivity index (χ0v) is 18.4. The quantitative estimate of drug-likeness (QED) is 0.620. The largest absolute Gasteiger partial charge is 0.369 e. The molecule has 1 aliphatic heterocycles. The van der Waals surface area contributed by atoms with Gasteiger partial charge >= 0.3 is 0 Å². The molecule has 7 nitrogen and oxygen atoms in total. The number of amides is 1. The summed E-state index contributed by atoms with van der Waals surface area (Å²) in [5.74, 6) is -0.914. The standard InChI is InChI=1S/C24H28FN5O2/c1-28(2)8-9-29-10-12-30(13-11-29)19-5-3-4-18(15-19)26-24(32)21-16-23(31)27-22-7-6-17(25)14-20(21)22/h3-7,14-16H,8-13H2,1-2H3,(H,26,32)(H,27,31). The van der Waals surface area contributed by atoms with E-state index in [0.29, 0.717) is 16.6 Å². The van der Waals surface area contributed by atoms with Crippen LogP contribution in [0, 0.1) is 5.82 Å². The molecule has 8 heteroatoms. The van der Waals surface area contributed by atoms with Crippen molar-refractivity contribution in [3.63, 3.8) is 0 Å². The minimum atomic E-state index is -0.467. The van der Waals surface area contributed by atoms with E-state index in [0.717, 1.165) is 45.0 Å². The van der Waals surface area contributed by atoms with Gasteiger partial charge in [0.05, 0.1) is 5.56 Å². The third-order valence-electron chi connectivity index (χ3n) is 5.75. The second-order valence-corrected chi connectivity index (χ2v) is 8.37. The van der Waals surface area contributed by atoms with Gasteiger partial charge in [0.1, 0.15) is 5.82 Å². The first-order valence-corrected chi connectivity index (χ1v) is 10.7. The number of piperazine rings is 1. The number of aromatic nitrogens is 1. The first-order valence-electron chi connectivity index (χ1n) is 10.7. The molecule has 32 heavy (non-hydrogen) atoms. The Kier molecular flexibility index (Phi) is 6.53. The number of carbonyl (C=O) groups is 1. The summed E-state index contributed by atoms with van der Waals surface area (Å²) >= 11 is 0. The van der Waals surface area contributed by atoms with E-state index in [2.05, 4.69) is 39.1 Å². The lowest BCUT2D eigenvalue weighted by Crippen LogP contribution is -2.48. The molecule has 0 aliphatic carbocycles. The molecule has 0 saturated carbocycles. The summed E-state index contributed by atoms with van der Waals surface area (Å²) in [7, 11) is 4.17. The van der Waals surface area contributed by atoms with Crippen molar-refractivity contribution in [3.8, 4) is 0 Å². The second kappa shape index (κ2) is 9.50. The molecule has 1 aromatic heterocycles. The van der Waals surface area contributed by atoms with Gasteiger partial charge in [-0.15, -0.1) is 0 Å². The zero-order valence-electron chi connectivity index (χ0n) is 18.4. The molecule has 0 bridgehead atoms. The van der Waals surface area contributed by atoms with Crippen molar-refractivity contribution in [2.24, 2.45) is 0 Å². The van der Waals surface area contributed by atoms with Gasteiger partial charge in [-0.3, -0.25) is 14.5 Å². The van der Waals surface area contributed by atoms with Gasteiger partial charge in [-0.1, -0.05) is 6.07 Å². The van der Waals surface area contributed by atoms with E-state index in [1.165, 1.54) is 24.3 Å². The van der Waals surface area contributed by atoms with E-state index in [1.54, 1.807) is 0 Å². The molecule has 1 amide bonds. The number of nitrogens with zero attached hydrogens (tertiary/aromatic N) is 3. The van der Waals surface area contributed by atoms with Crippen molar-refractivity contribution < 1.29 is 9.18 Å². The Morgan fingerprint density at radius 1 is 1.09 bits per heavy atom. The molecule has 2 aromatic carbocycles. The number of H-pyrrole nitrogens is 1. The van der Waals surface area contributed by atoms with Crippen LogP contribution in [0.2, 0.25) is 0 Å². The molecular weight excluding hydrogens is 409 g/mol. The fourth-order valence-corrected chi connectivity index (χ4v) is 3.96. The summed E-state index contributed by atoms with van der Waals surface area (Å²) in [5.41, 5.74) is 1.83. The van der Waals surface area contributed by atoms with Gasteiger partial charge in [0.2, 0.25) is 5.56 Å². The Balaban J connectivity index is 1.47. The van der Waals surface area contributed by atoms with Crippen LogP contribution in [0.5, 0.6) is 0 Å². The van der Waals surface area contributed by atoms with Crippen molar-refractivity contribution in [3.05, 3.63) is 70.3 Å². The molecule has 168 valence electrons. The van der Waals surface area contributed by atoms with Crippen LogP contribution in [0.25, 0.3) is 10.9 Å². The molecule has 0 spiro atoms. The monoisotopic (exact) mass is 437 g/mol. The van der Waals surface area contributed by atoms with Crippen LogP contribution in [0.4, 0.5) is 15.8 Å². The van der Waals surface area contributed by atoms with Crippen LogP contribution in [-0.4, -0.2) is 74.1 Å².